The fraction of sp³-hybridized carbons (Fsp3) is 0.692. The summed E-state index contributed by atoms with van der Waals surface area (Å²) in [6, 6.07) is 3.44. The van der Waals surface area contributed by atoms with Crippen molar-refractivity contribution in [2.45, 2.75) is 26.3 Å². The SMILES string of the molecule is CC(C)(C)N1CCN(c2ccc(NS(C)(=O)=O)nn2)CC1. The number of sulfonamides is 1. The van der Waals surface area contributed by atoms with Gasteiger partial charge in [0, 0.05) is 31.7 Å². The summed E-state index contributed by atoms with van der Waals surface area (Å²) in [6.07, 6.45) is 1.09. The van der Waals surface area contributed by atoms with Crippen molar-refractivity contribution in [1.82, 2.24) is 15.1 Å². The smallest absolute Gasteiger partial charge is 0.231 e. The number of nitrogens with zero attached hydrogens (tertiary/aromatic N) is 4. The van der Waals surface area contributed by atoms with E-state index in [-0.39, 0.29) is 11.4 Å². The van der Waals surface area contributed by atoms with Crippen molar-refractivity contribution in [3.05, 3.63) is 12.1 Å². The monoisotopic (exact) mass is 313 g/mol. The van der Waals surface area contributed by atoms with Crippen LogP contribution in [0.5, 0.6) is 0 Å². The average molecular weight is 313 g/mol. The van der Waals surface area contributed by atoms with Crippen molar-refractivity contribution >= 4 is 21.7 Å². The number of hydrogen-bond acceptors (Lipinski definition) is 6. The number of piperazine rings is 1. The summed E-state index contributed by atoms with van der Waals surface area (Å²) in [5.41, 5.74) is 0.182. The van der Waals surface area contributed by atoms with Crippen LogP contribution >= 0.6 is 0 Å². The minimum Gasteiger partial charge on any atom is -0.353 e. The highest BCUT2D eigenvalue weighted by atomic mass is 32.2. The molecule has 0 amide bonds. The van der Waals surface area contributed by atoms with Crippen molar-refractivity contribution in [3.8, 4) is 0 Å². The summed E-state index contributed by atoms with van der Waals surface area (Å²) in [6.45, 7) is 10.4. The maximum Gasteiger partial charge on any atom is 0.231 e. The highest BCUT2D eigenvalue weighted by Gasteiger charge is 2.26. The molecule has 118 valence electrons. The zero-order chi connectivity index (χ0) is 15.7. The van der Waals surface area contributed by atoms with Crippen molar-refractivity contribution in [3.63, 3.8) is 0 Å². The number of nitrogens with one attached hydrogen (secondary N) is 1. The summed E-state index contributed by atoms with van der Waals surface area (Å²) in [5, 5.41) is 8.02. The Morgan fingerprint density at radius 3 is 2.14 bits per heavy atom. The van der Waals surface area contributed by atoms with Crippen LogP contribution in [-0.2, 0) is 10.0 Å². The van der Waals surface area contributed by atoms with Crippen molar-refractivity contribution < 1.29 is 8.42 Å². The van der Waals surface area contributed by atoms with Gasteiger partial charge in [-0.25, -0.2) is 8.42 Å². The van der Waals surface area contributed by atoms with Gasteiger partial charge in [0.1, 0.15) is 0 Å². The molecule has 1 fully saturated rings. The van der Waals surface area contributed by atoms with Gasteiger partial charge in [0.25, 0.3) is 0 Å². The van der Waals surface area contributed by atoms with Crippen LogP contribution in [0, 0.1) is 0 Å². The highest BCUT2D eigenvalue weighted by Crippen LogP contribution is 2.19. The zero-order valence-corrected chi connectivity index (χ0v) is 13.8. The molecule has 2 rings (SSSR count). The van der Waals surface area contributed by atoms with Crippen LogP contribution < -0.4 is 9.62 Å². The van der Waals surface area contributed by atoms with E-state index in [0.29, 0.717) is 0 Å². The predicted molar refractivity (Wildman–Crippen MR) is 84.0 cm³/mol. The molecule has 0 aliphatic carbocycles. The van der Waals surface area contributed by atoms with E-state index < -0.39 is 10.0 Å². The predicted octanol–water partition coefficient (Wildman–Crippen LogP) is 0.769. The fourth-order valence-electron chi connectivity index (χ4n) is 2.34. The maximum absolute atomic E-state index is 11.1. The van der Waals surface area contributed by atoms with Gasteiger partial charge in [-0.05, 0) is 32.9 Å². The second-order valence-electron chi connectivity index (χ2n) is 6.30. The minimum absolute atomic E-state index is 0.182. The minimum atomic E-state index is -3.31. The Morgan fingerprint density at radius 2 is 1.71 bits per heavy atom. The molecule has 0 saturated carbocycles. The Balaban J connectivity index is 1.98. The Bertz CT molecular complexity index is 572. The van der Waals surface area contributed by atoms with Gasteiger partial charge in [-0.2, -0.15) is 0 Å². The second-order valence-corrected chi connectivity index (χ2v) is 8.04. The molecule has 1 aliphatic rings. The first-order valence-electron chi connectivity index (χ1n) is 6.97. The molecule has 0 unspecified atom stereocenters. The van der Waals surface area contributed by atoms with Crippen LogP contribution in [0.15, 0.2) is 12.1 Å². The van der Waals surface area contributed by atoms with Crippen molar-refractivity contribution in [2.24, 2.45) is 0 Å². The molecule has 0 aromatic carbocycles. The fourth-order valence-corrected chi connectivity index (χ4v) is 2.83. The second kappa shape index (κ2) is 5.76. The number of anilines is 2. The summed E-state index contributed by atoms with van der Waals surface area (Å²) >= 11 is 0. The van der Waals surface area contributed by atoms with Crippen molar-refractivity contribution in [1.29, 1.82) is 0 Å². The van der Waals surface area contributed by atoms with Gasteiger partial charge in [-0.3, -0.25) is 9.62 Å². The van der Waals surface area contributed by atoms with E-state index in [4.69, 9.17) is 0 Å². The quantitative estimate of drug-likeness (QED) is 0.888. The Morgan fingerprint density at radius 1 is 1.10 bits per heavy atom. The van der Waals surface area contributed by atoms with Gasteiger partial charge in [-0.15, -0.1) is 10.2 Å². The third kappa shape index (κ3) is 4.53. The molecule has 7 nitrogen and oxygen atoms in total. The molecule has 1 N–H and O–H groups in total. The number of hydrogen-bond donors (Lipinski definition) is 1. The Labute approximate surface area is 126 Å². The summed E-state index contributed by atoms with van der Waals surface area (Å²) in [5.74, 6) is 1.03. The normalized spacial score (nSPS) is 17.8. The van der Waals surface area contributed by atoms with Crippen LogP contribution in [0.2, 0.25) is 0 Å². The van der Waals surface area contributed by atoms with Gasteiger partial charge in [-0.1, -0.05) is 0 Å². The molecule has 0 atom stereocenters. The standard InChI is InChI=1S/C13H23N5O2S/c1-13(2,3)18-9-7-17(8-10-18)12-6-5-11(14-15-12)16-21(4,19)20/h5-6H,7-10H2,1-4H3,(H,14,16). The van der Waals surface area contributed by atoms with E-state index in [0.717, 1.165) is 38.3 Å². The number of rotatable bonds is 3. The van der Waals surface area contributed by atoms with Crippen LogP contribution in [0.25, 0.3) is 0 Å². The lowest BCUT2D eigenvalue weighted by molar-refractivity contribution is 0.128. The molecular weight excluding hydrogens is 290 g/mol. The van der Waals surface area contributed by atoms with Crippen LogP contribution in [0.3, 0.4) is 0 Å². The first-order chi connectivity index (χ1) is 9.65. The lowest BCUT2D eigenvalue weighted by atomic mass is 10.1. The highest BCUT2D eigenvalue weighted by molar-refractivity contribution is 7.92. The lowest BCUT2D eigenvalue weighted by Gasteiger charge is -2.42. The van der Waals surface area contributed by atoms with Crippen LogP contribution in [0.4, 0.5) is 11.6 Å². The third-order valence-electron chi connectivity index (χ3n) is 3.49. The largest absolute Gasteiger partial charge is 0.353 e. The molecule has 2 heterocycles. The molecular formula is C13H23N5O2S. The summed E-state index contributed by atoms with van der Waals surface area (Å²) in [7, 11) is -3.31. The van der Waals surface area contributed by atoms with E-state index in [1.807, 2.05) is 0 Å². The third-order valence-corrected chi connectivity index (χ3v) is 4.07. The van der Waals surface area contributed by atoms with Gasteiger partial charge in [0.15, 0.2) is 11.6 Å². The van der Waals surface area contributed by atoms with E-state index in [2.05, 4.69) is 45.5 Å². The van der Waals surface area contributed by atoms with Crippen molar-refractivity contribution in [2.75, 3.05) is 42.1 Å². The molecule has 1 saturated heterocycles. The summed E-state index contributed by atoms with van der Waals surface area (Å²) in [4.78, 5) is 4.61. The number of aromatic nitrogens is 2. The molecule has 1 aromatic heterocycles. The zero-order valence-electron chi connectivity index (χ0n) is 13.0. The molecule has 1 aliphatic heterocycles. The maximum atomic E-state index is 11.1. The first kappa shape index (κ1) is 16.0. The van der Waals surface area contributed by atoms with Gasteiger partial charge in [0.05, 0.1) is 6.26 Å². The molecule has 0 bridgehead atoms. The van der Waals surface area contributed by atoms with Gasteiger partial charge < -0.3 is 4.90 Å². The molecule has 0 radical (unpaired) electrons. The van der Waals surface area contributed by atoms with Crippen LogP contribution in [-0.4, -0.2) is 61.5 Å². The summed E-state index contributed by atoms with van der Waals surface area (Å²) < 4.78 is 24.6. The molecule has 8 heteroatoms. The molecule has 1 aromatic rings. The van der Waals surface area contributed by atoms with Crippen LogP contribution in [0.1, 0.15) is 20.8 Å². The first-order valence-corrected chi connectivity index (χ1v) is 8.86. The van der Waals surface area contributed by atoms with Gasteiger partial charge >= 0.3 is 0 Å². The van der Waals surface area contributed by atoms with E-state index in [1.54, 1.807) is 12.1 Å². The molecule has 0 spiro atoms. The topological polar surface area (TPSA) is 78.4 Å². The van der Waals surface area contributed by atoms with E-state index in [9.17, 15) is 8.42 Å². The van der Waals surface area contributed by atoms with E-state index >= 15 is 0 Å². The average Bonchev–Trinajstić information content (AvgIpc) is 2.37. The Hall–Kier alpha value is -1.41. The van der Waals surface area contributed by atoms with E-state index in [1.165, 1.54) is 0 Å². The van der Waals surface area contributed by atoms with Gasteiger partial charge in [0.2, 0.25) is 10.0 Å². The Kier molecular flexibility index (Phi) is 4.38. The molecule has 21 heavy (non-hydrogen) atoms. The lowest BCUT2D eigenvalue weighted by Crippen LogP contribution is -2.53.